The second-order valence-electron chi connectivity index (χ2n) is 5.79. The van der Waals surface area contributed by atoms with Gasteiger partial charge in [-0.25, -0.2) is 4.98 Å². The Morgan fingerprint density at radius 2 is 2.00 bits per heavy atom. The van der Waals surface area contributed by atoms with Gasteiger partial charge in [0.25, 0.3) is 0 Å². The Labute approximate surface area is 137 Å². The van der Waals surface area contributed by atoms with Crippen LogP contribution < -0.4 is 5.32 Å². The molecule has 0 aliphatic heterocycles. The van der Waals surface area contributed by atoms with Gasteiger partial charge in [0.1, 0.15) is 4.60 Å². The molecule has 0 spiro atoms. The van der Waals surface area contributed by atoms with Crippen molar-refractivity contribution in [3.05, 3.63) is 64.5 Å². The molecule has 1 saturated carbocycles. The molecule has 2 aromatic heterocycles. The summed E-state index contributed by atoms with van der Waals surface area (Å²) >= 11 is 3.39. The van der Waals surface area contributed by atoms with E-state index < -0.39 is 0 Å². The predicted octanol–water partition coefficient (Wildman–Crippen LogP) is 4.88. The van der Waals surface area contributed by atoms with Gasteiger partial charge in [0.2, 0.25) is 0 Å². The number of nitrogens with zero attached hydrogens (tertiary/aromatic N) is 2. The van der Waals surface area contributed by atoms with Crippen LogP contribution in [0.25, 0.3) is 10.9 Å². The highest BCUT2D eigenvalue weighted by molar-refractivity contribution is 9.10. The van der Waals surface area contributed by atoms with E-state index in [1.165, 1.54) is 29.4 Å². The van der Waals surface area contributed by atoms with Gasteiger partial charge in [0.15, 0.2) is 0 Å². The summed E-state index contributed by atoms with van der Waals surface area (Å²) in [6.07, 6.45) is 6.45. The third kappa shape index (κ3) is 2.97. The summed E-state index contributed by atoms with van der Waals surface area (Å²) in [7, 11) is 0. The number of nitrogens with one attached hydrogen (secondary N) is 1. The smallest absolute Gasteiger partial charge is 0.108 e. The molecular formula is C18H16BrN3. The number of benzene rings is 1. The summed E-state index contributed by atoms with van der Waals surface area (Å²) in [6, 6.07) is 12.7. The first-order valence-electron chi connectivity index (χ1n) is 7.52. The maximum atomic E-state index is 4.58. The van der Waals surface area contributed by atoms with E-state index >= 15 is 0 Å². The van der Waals surface area contributed by atoms with Crippen molar-refractivity contribution in [3.8, 4) is 0 Å². The minimum atomic E-state index is 0.743. The Morgan fingerprint density at radius 1 is 1.09 bits per heavy atom. The van der Waals surface area contributed by atoms with Crippen LogP contribution in [0.4, 0.5) is 5.69 Å². The fourth-order valence-corrected chi connectivity index (χ4v) is 3.03. The lowest BCUT2D eigenvalue weighted by Gasteiger charge is -2.08. The highest BCUT2D eigenvalue weighted by Crippen LogP contribution is 2.40. The Kier molecular flexibility index (Phi) is 3.54. The highest BCUT2D eigenvalue weighted by atomic mass is 79.9. The average molecular weight is 354 g/mol. The summed E-state index contributed by atoms with van der Waals surface area (Å²) in [5.41, 5.74) is 4.78. The topological polar surface area (TPSA) is 37.8 Å². The normalized spacial score (nSPS) is 14.2. The lowest BCUT2D eigenvalue weighted by atomic mass is 10.1. The Hall–Kier alpha value is -1.94. The van der Waals surface area contributed by atoms with Crippen molar-refractivity contribution in [3.63, 3.8) is 0 Å². The number of pyridine rings is 2. The van der Waals surface area contributed by atoms with E-state index in [2.05, 4.69) is 55.5 Å². The number of hydrogen-bond donors (Lipinski definition) is 1. The zero-order valence-corrected chi connectivity index (χ0v) is 13.7. The SMILES string of the molecule is Brc1cc(NCc2ccc3ncc(C4CC4)cc3c2)ccn1. The fourth-order valence-electron chi connectivity index (χ4n) is 2.66. The minimum absolute atomic E-state index is 0.743. The fraction of sp³-hybridized carbons (Fsp3) is 0.222. The molecule has 1 aromatic carbocycles. The Bertz CT molecular complexity index is 827. The molecule has 0 atom stereocenters. The predicted molar refractivity (Wildman–Crippen MR) is 93.0 cm³/mol. The molecule has 4 rings (SSSR count). The van der Waals surface area contributed by atoms with Crippen LogP contribution in [0.3, 0.4) is 0 Å². The summed E-state index contributed by atoms with van der Waals surface area (Å²) < 4.78 is 0.842. The van der Waals surface area contributed by atoms with Gasteiger partial charge < -0.3 is 5.32 Å². The molecule has 110 valence electrons. The number of rotatable bonds is 4. The van der Waals surface area contributed by atoms with Crippen molar-refractivity contribution >= 4 is 32.5 Å². The van der Waals surface area contributed by atoms with Gasteiger partial charge >= 0.3 is 0 Å². The largest absolute Gasteiger partial charge is 0.381 e. The van der Waals surface area contributed by atoms with E-state index in [0.29, 0.717) is 0 Å². The second kappa shape index (κ2) is 5.69. The molecule has 0 saturated heterocycles. The quantitative estimate of drug-likeness (QED) is 0.679. The van der Waals surface area contributed by atoms with Crippen molar-refractivity contribution in [2.75, 3.05) is 5.32 Å². The van der Waals surface area contributed by atoms with Crippen LogP contribution in [-0.4, -0.2) is 9.97 Å². The maximum Gasteiger partial charge on any atom is 0.108 e. The molecule has 1 fully saturated rings. The van der Waals surface area contributed by atoms with Gasteiger partial charge in [-0.1, -0.05) is 6.07 Å². The van der Waals surface area contributed by atoms with E-state index in [9.17, 15) is 0 Å². The molecule has 0 amide bonds. The number of anilines is 1. The van der Waals surface area contributed by atoms with E-state index in [1.54, 1.807) is 6.20 Å². The monoisotopic (exact) mass is 353 g/mol. The van der Waals surface area contributed by atoms with Crippen LogP contribution in [0.15, 0.2) is 53.4 Å². The van der Waals surface area contributed by atoms with Crippen molar-refractivity contribution in [1.82, 2.24) is 9.97 Å². The first-order valence-corrected chi connectivity index (χ1v) is 8.31. The third-order valence-corrected chi connectivity index (χ3v) is 4.47. The zero-order valence-electron chi connectivity index (χ0n) is 12.1. The molecule has 1 aliphatic carbocycles. The van der Waals surface area contributed by atoms with Crippen molar-refractivity contribution in [2.24, 2.45) is 0 Å². The van der Waals surface area contributed by atoms with Crippen LogP contribution in [0.1, 0.15) is 29.9 Å². The molecule has 2 heterocycles. The van der Waals surface area contributed by atoms with Crippen LogP contribution >= 0.6 is 15.9 Å². The minimum Gasteiger partial charge on any atom is -0.381 e. The van der Waals surface area contributed by atoms with Crippen molar-refractivity contribution < 1.29 is 0 Å². The van der Waals surface area contributed by atoms with E-state index in [4.69, 9.17) is 0 Å². The number of hydrogen-bond acceptors (Lipinski definition) is 3. The number of halogens is 1. The molecule has 3 nitrogen and oxygen atoms in total. The first-order chi connectivity index (χ1) is 10.8. The van der Waals surface area contributed by atoms with E-state index in [1.807, 2.05) is 18.3 Å². The molecule has 4 heteroatoms. The zero-order chi connectivity index (χ0) is 14.9. The molecule has 3 aromatic rings. The van der Waals surface area contributed by atoms with Gasteiger partial charge in [0, 0.05) is 30.0 Å². The van der Waals surface area contributed by atoms with Gasteiger partial charge in [-0.15, -0.1) is 0 Å². The summed E-state index contributed by atoms with van der Waals surface area (Å²) in [4.78, 5) is 8.71. The van der Waals surface area contributed by atoms with Crippen LogP contribution in [0.2, 0.25) is 0 Å². The lowest BCUT2D eigenvalue weighted by Crippen LogP contribution is -1.99. The van der Waals surface area contributed by atoms with Crippen LogP contribution in [0, 0.1) is 0 Å². The molecule has 0 bridgehead atoms. The van der Waals surface area contributed by atoms with Crippen LogP contribution in [-0.2, 0) is 6.54 Å². The molecule has 0 unspecified atom stereocenters. The highest BCUT2D eigenvalue weighted by Gasteiger charge is 2.23. The molecule has 0 radical (unpaired) electrons. The first kappa shape index (κ1) is 13.7. The van der Waals surface area contributed by atoms with Crippen LogP contribution in [0.5, 0.6) is 0 Å². The average Bonchev–Trinajstić information content (AvgIpc) is 3.37. The molecule has 22 heavy (non-hydrogen) atoms. The summed E-state index contributed by atoms with van der Waals surface area (Å²) in [6.45, 7) is 0.792. The lowest BCUT2D eigenvalue weighted by molar-refractivity contribution is 1.11. The Balaban J connectivity index is 1.56. The number of fused-ring (bicyclic) bond motifs is 1. The standard InChI is InChI=1S/C18H16BrN3/c19-18-9-16(5-6-20-18)21-10-12-1-4-17-14(7-12)8-15(11-22-17)13-2-3-13/h1,4-9,11,13H,2-3,10H2,(H,20,21). The summed E-state index contributed by atoms with van der Waals surface area (Å²) in [5, 5.41) is 4.66. The van der Waals surface area contributed by atoms with Gasteiger partial charge in [-0.3, -0.25) is 4.98 Å². The maximum absolute atomic E-state index is 4.58. The molecular weight excluding hydrogens is 338 g/mol. The van der Waals surface area contributed by atoms with E-state index in [0.717, 1.165) is 28.3 Å². The third-order valence-electron chi connectivity index (χ3n) is 4.04. The Morgan fingerprint density at radius 3 is 2.82 bits per heavy atom. The van der Waals surface area contributed by atoms with E-state index in [-0.39, 0.29) is 0 Å². The van der Waals surface area contributed by atoms with Crippen molar-refractivity contribution in [2.45, 2.75) is 25.3 Å². The van der Waals surface area contributed by atoms with Gasteiger partial charge in [-0.05, 0) is 76.1 Å². The van der Waals surface area contributed by atoms with Gasteiger partial charge in [0.05, 0.1) is 5.52 Å². The number of aromatic nitrogens is 2. The summed E-state index contributed by atoms with van der Waals surface area (Å²) in [5.74, 6) is 0.743. The second-order valence-corrected chi connectivity index (χ2v) is 6.60. The van der Waals surface area contributed by atoms with Gasteiger partial charge in [-0.2, -0.15) is 0 Å². The molecule has 1 aliphatic rings. The van der Waals surface area contributed by atoms with Crippen molar-refractivity contribution in [1.29, 1.82) is 0 Å². The molecule has 1 N–H and O–H groups in total.